The zero-order valence-electron chi connectivity index (χ0n) is 16.5. The van der Waals surface area contributed by atoms with Gasteiger partial charge in [0.05, 0.1) is 0 Å². The van der Waals surface area contributed by atoms with Crippen LogP contribution in [0.2, 0.25) is 0 Å². The smallest absolute Gasteiger partial charge is 0.124 e. The molecule has 0 N–H and O–H groups in total. The van der Waals surface area contributed by atoms with Crippen molar-refractivity contribution in [3.05, 3.63) is 42.0 Å². The van der Waals surface area contributed by atoms with Crippen molar-refractivity contribution in [3.8, 4) is 5.75 Å². The zero-order valence-corrected chi connectivity index (χ0v) is 16.5. The van der Waals surface area contributed by atoms with E-state index >= 15 is 0 Å². The molecule has 0 aromatic heterocycles. The number of benzene rings is 1. The molecule has 0 radical (unpaired) electrons. The second kappa shape index (κ2) is 7.74. The molecule has 3 nitrogen and oxygen atoms in total. The molecule has 1 spiro atoms. The highest BCUT2D eigenvalue weighted by Crippen LogP contribution is 2.39. The molecule has 1 heterocycles. The molecule has 1 atom stereocenters. The molecule has 2 aliphatic carbocycles. The van der Waals surface area contributed by atoms with Crippen LogP contribution in [0.3, 0.4) is 0 Å². The van der Waals surface area contributed by atoms with Crippen LogP contribution in [0, 0.1) is 5.92 Å². The van der Waals surface area contributed by atoms with Crippen molar-refractivity contribution in [1.29, 1.82) is 0 Å². The van der Waals surface area contributed by atoms with E-state index in [1.54, 1.807) is 0 Å². The van der Waals surface area contributed by atoms with Gasteiger partial charge in [-0.2, -0.15) is 0 Å². The van der Waals surface area contributed by atoms with Gasteiger partial charge in [-0.1, -0.05) is 30.4 Å². The number of allylic oxidation sites excluding steroid dienone is 2. The van der Waals surface area contributed by atoms with Crippen molar-refractivity contribution in [2.45, 2.75) is 63.1 Å². The maximum absolute atomic E-state index is 6.66. The van der Waals surface area contributed by atoms with E-state index in [0.29, 0.717) is 0 Å². The van der Waals surface area contributed by atoms with E-state index in [4.69, 9.17) is 4.74 Å². The van der Waals surface area contributed by atoms with Crippen molar-refractivity contribution in [2.24, 2.45) is 5.92 Å². The van der Waals surface area contributed by atoms with E-state index in [1.807, 2.05) is 0 Å². The van der Waals surface area contributed by atoms with Crippen molar-refractivity contribution >= 4 is 0 Å². The minimum atomic E-state index is 0.00622. The topological polar surface area (TPSA) is 15.7 Å². The van der Waals surface area contributed by atoms with Crippen molar-refractivity contribution in [2.75, 3.05) is 27.2 Å². The fourth-order valence-corrected chi connectivity index (χ4v) is 5.25. The lowest BCUT2D eigenvalue weighted by molar-refractivity contribution is -0.0116. The predicted octanol–water partition coefficient (Wildman–Crippen LogP) is 4.48. The monoisotopic (exact) mass is 354 g/mol. The van der Waals surface area contributed by atoms with Gasteiger partial charge in [0.25, 0.3) is 0 Å². The minimum absolute atomic E-state index is 0.00622. The van der Waals surface area contributed by atoms with Gasteiger partial charge in [0.2, 0.25) is 0 Å². The Labute approximate surface area is 159 Å². The van der Waals surface area contributed by atoms with Gasteiger partial charge in [-0.25, -0.2) is 0 Å². The quantitative estimate of drug-likeness (QED) is 0.744. The standard InChI is InChI=1S/C23H34N2O/c1-24-17-20-10-6-7-11-22(20)26-23(18-24)14-12-21(13-15-23)25(2)16-19-8-4-3-5-9-19/h3-4,6-7,10-11,19,21H,5,8-9,12-18H2,1-2H3/t19-,21?,23?/m1/s1. The van der Waals surface area contributed by atoms with Gasteiger partial charge in [-0.3, -0.25) is 4.90 Å². The van der Waals surface area contributed by atoms with Crippen LogP contribution in [0.25, 0.3) is 0 Å². The second-order valence-corrected chi connectivity index (χ2v) is 8.89. The molecule has 0 unspecified atom stereocenters. The molecule has 1 aromatic rings. The molecule has 3 heteroatoms. The molecule has 1 aromatic carbocycles. The first-order valence-corrected chi connectivity index (χ1v) is 10.4. The predicted molar refractivity (Wildman–Crippen MR) is 108 cm³/mol. The normalized spacial score (nSPS) is 32.3. The zero-order chi connectivity index (χ0) is 18.0. The highest BCUT2D eigenvalue weighted by molar-refractivity contribution is 5.35. The summed E-state index contributed by atoms with van der Waals surface area (Å²) in [5.41, 5.74) is 1.34. The third kappa shape index (κ3) is 3.99. The summed E-state index contributed by atoms with van der Waals surface area (Å²) in [5.74, 6) is 1.96. The lowest BCUT2D eigenvalue weighted by atomic mass is 9.80. The Morgan fingerprint density at radius 3 is 2.73 bits per heavy atom. The Morgan fingerprint density at radius 1 is 1.15 bits per heavy atom. The minimum Gasteiger partial charge on any atom is -0.486 e. The van der Waals surface area contributed by atoms with Crippen LogP contribution in [-0.4, -0.2) is 48.6 Å². The fraction of sp³-hybridized carbons (Fsp3) is 0.652. The highest BCUT2D eigenvalue weighted by atomic mass is 16.5. The van der Waals surface area contributed by atoms with Gasteiger partial charge in [0.15, 0.2) is 0 Å². The lowest BCUT2D eigenvalue weighted by Gasteiger charge is -2.43. The van der Waals surface area contributed by atoms with Crippen LogP contribution in [0.4, 0.5) is 0 Å². The van der Waals surface area contributed by atoms with E-state index in [-0.39, 0.29) is 5.60 Å². The highest BCUT2D eigenvalue weighted by Gasteiger charge is 2.41. The summed E-state index contributed by atoms with van der Waals surface area (Å²) in [5, 5.41) is 0. The number of hydrogen-bond acceptors (Lipinski definition) is 3. The number of hydrogen-bond donors (Lipinski definition) is 0. The van der Waals surface area contributed by atoms with Crippen LogP contribution >= 0.6 is 0 Å². The van der Waals surface area contributed by atoms with Gasteiger partial charge >= 0.3 is 0 Å². The Hall–Kier alpha value is -1.32. The fourth-order valence-electron chi connectivity index (χ4n) is 5.25. The summed E-state index contributed by atoms with van der Waals surface area (Å²) in [6.45, 7) is 3.30. The average molecular weight is 355 g/mol. The van der Waals surface area contributed by atoms with E-state index < -0.39 is 0 Å². The molecule has 1 saturated carbocycles. The summed E-state index contributed by atoms with van der Waals surface area (Å²) < 4.78 is 6.66. The van der Waals surface area contributed by atoms with Crippen LogP contribution < -0.4 is 4.74 Å². The van der Waals surface area contributed by atoms with E-state index in [9.17, 15) is 0 Å². The number of fused-ring (bicyclic) bond motifs is 1. The second-order valence-electron chi connectivity index (χ2n) is 8.89. The number of likely N-dealkylation sites (N-methyl/N-ethyl adjacent to an activating group) is 1. The van der Waals surface area contributed by atoms with Crippen molar-refractivity contribution < 1.29 is 4.74 Å². The van der Waals surface area contributed by atoms with Gasteiger partial charge in [0.1, 0.15) is 11.4 Å². The van der Waals surface area contributed by atoms with Crippen LogP contribution in [0.5, 0.6) is 5.75 Å². The molecular weight excluding hydrogens is 320 g/mol. The van der Waals surface area contributed by atoms with E-state index in [0.717, 1.165) is 30.8 Å². The van der Waals surface area contributed by atoms with Gasteiger partial charge < -0.3 is 9.64 Å². The maximum Gasteiger partial charge on any atom is 0.124 e. The summed E-state index contributed by atoms with van der Waals surface area (Å²) in [7, 11) is 4.58. The molecule has 142 valence electrons. The molecule has 0 bridgehead atoms. The summed E-state index contributed by atoms with van der Waals surface area (Å²) in [6.07, 6.45) is 13.5. The van der Waals surface area contributed by atoms with Crippen molar-refractivity contribution in [1.82, 2.24) is 9.80 Å². The lowest BCUT2D eigenvalue weighted by Crippen LogP contribution is -2.50. The first-order valence-electron chi connectivity index (χ1n) is 10.4. The summed E-state index contributed by atoms with van der Waals surface area (Å²) >= 11 is 0. The Bertz CT molecular complexity index is 633. The number of nitrogens with zero attached hydrogens (tertiary/aromatic N) is 2. The van der Waals surface area contributed by atoms with Gasteiger partial charge in [-0.05, 0) is 71.0 Å². The molecule has 0 saturated heterocycles. The maximum atomic E-state index is 6.66. The Morgan fingerprint density at radius 2 is 1.96 bits per heavy atom. The Balaban J connectivity index is 1.38. The molecule has 3 aliphatic rings. The summed E-state index contributed by atoms with van der Waals surface area (Å²) in [4.78, 5) is 5.09. The first-order chi connectivity index (χ1) is 12.6. The first kappa shape index (κ1) is 18.1. The molecular formula is C23H34N2O. The van der Waals surface area contributed by atoms with Gasteiger partial charge in [0, 0.05) is 31.2 Å². The third-order valence-corrected chi connectivity index (χ3v) is 6.71. The average Bonchev–Trinajstić information content (AvgIpc) is 2.78. The van der Waals surface area contributed by atoms with E-state index in [2.05, 4.69) is 60.3 Å². The molecule has 1 aliphatic heterocycles. The SMILES string of the molecule is CN1Cc2ccccc2OC2(CCC(N(C)C[C@@H]3CC=CCC3)CC2)C1. The number of rotatable bonds is 3. The summed E-state index contributed by atoms with van der Waals surface area (Å²) in [6, 6.07) is 9.32. The largest absolute Gasteiger partial charge is 0.486 e. The molecule has 26 heavy (non-hydrogen) atoms. The number of para-hydroxylation sites is 1. The van der Waals surface area contributed by atoms with Crippen LogP contribution in [0.15, 0.2) is 36.4 Å². The molecule has 4 rings (SSSR count). The molecule has 1 fully saturated rings. The molecule has 0 amide bonds. The third-order valence-electron chi connectivity index (χ3n) is 6.71. The number of ether oxygens (including phenoxy) is 1. The van der Waals surface area contributed by atoms with Crippen LogP contribution in [0.1, 0.15) is 50.5 Å². The van der Waals surface area contributed by atoms with Crippen LogP contribution in [-0.2, 0) is 6.54 Å². The van der Waals surface area contributed by atoms with Gasteiger partial charge in [-0.15, -0.1) is 0 Å². The van der Waals surface area contributed by atoms with E-state index in [1.165, 1.54) is 57.1 Å². The Kier molecular flexibility index (Phi) is 5.37. The van der Waals surface area contributed by atoms with Crippen molar-refractivity contribution in [3.63, 3.8) is 0 Å².